The molecule has 0 aliphatic carbocycles. The van der Waals surface area contributed by atoms with E-state index < -0.39 is 53.4 Å². The summed E-state index contributed by atoms with van der Waals surface area (Å²) in [5, 5.41) is 0. The molecule has 5 nitrogen and oxygen atoms in total. The van der Waals surface area contributed by atoms with Crippen LogP contribution < -0.4 is 0 Å². The van der Waals surface area contributed by atoms with Crippen LogP contribution in [0.1, 0.15) is 46.7 Å². The fraction of sp³-hybridized carbons (Fsp3) is 0.333. The molecular formula is C27H26F6N2O3. The molecule has 0 N–H and O–H groups in total. The number of carbonyl (C=O) groups excluding carboxylic acids is 2. The van der Waals surface area contributed by atoms with Gasteiger partial charge in [-0.25, -0.2) is 0 Å². The first kappa shape index (κ1) is 28.8. The number of hydrogen-bond acceptors (Lipinski definition) is 3. The summed E-state index contributed by atoms with van der Waals surface area (Å²) < 4.78 is 85.2. The fourth-order valence-electron chi connectivity index (χ4n) is 3.77. The van der Waals surface area contributed by atoms with Crippen molar-refractivity contribution in [1.29, 1.82) is 0 Å². The maximum atomic E-state index is 13.3. The lowest BCUT2D eigenvalue weighted by atomic mass is 10.0. The van der Waals surface area contributed by atoms with Gasteiger partial charge in [-0.2, -0.15) is 26.3 Å². The largest absolute Gasteiger partial charge is 0.467 e. The van der Waals surface area contributed by atoms with Crippen molar-refractivity contribution in [2.75, 3.05) is 13.1 Å². The van der Waals surface area contributed by atoms with Crippen molar-refractivity contribution < 1.29 is 40.3 Å². The Balaban J connectivity index is 1.88. The van der Waals surface area contributed by atoms with Gasteiger partial charge in [-0.3, -0.25) is 9.59 Å². The SMILES string of the molecule is CC(C)N(CC(=O)N(CCc1ccccc1)Cc1ccco1)C(=O)c1cc(C(F)(F)F)cc(C(F)(F)F)c1. The third-order valence-electron chi connectivity index (χ3n) is 5.82. The lowest BCUT2D eigenvalue weighted by molar-refractivity contribution is -0.143. The van der Waals surface area contributed by atoms with Gasteiger partial charge in [0.05, 0.1) is 23.9 Å². The van der Waals surface area contributed by atoms with Gasteiger partial charge < -0.3 is 14.2 Å². The minimum absolute atomic E-state index is 0.0453. The number of carbonyl (C=O) groups is 2. The molecule has 0 aliphatic heterocycles. The van der Waals surface area contributed by atoms with Crippen molar-refractivity contribution in [1.82, 2.24) is 9.80 Å². The highest BCUT2D eigenvalue weighted by Gasteiger charge is 2.38. The highest BCUT2D eigenvalue weighted by atomic mass is 19.4. The van der Waals surface area contributed by atoms with Crippen molar-refractivity contribution in [3.63, 3.8) is 0 Å². The topological polar surface area (TPSA) is 53.8 Å². The van der Waals surface area contributed by atoms with Crippen LogP contribution in [0.3, 0.4) is 0 Å². The molecule has 1 heterocycles. The summed E-state index contributed by atoms with van der Waals surface area (Å²) in [5.41, 5.74) is -3.07. The summed E-state index contributed by atoms with van der Waals surface area (Å²) in [4.78, 5) is 28.9. The number of rotatable bonds is 9. The minimum atomic E-state index is -5.11. The second-order valence-corrected chi connectivity index (χ2v) is 8.95. The Labute approximate surface area is 215 Å². The molecule has 38 heavy (non-hydrogen) atoms. The third-order valence-corrected chi connectivity index (χ3v) is 5.82. The average molecular weight is 541 g/mol. The monoisotopic (exact) mass is 540 g/mol. The van der Waals surface area contributed by atoms with Gasteiger partial charge in [-0.05, 0) is 56.2 Å². The van der Waals surface area contributed by atoms with E-state index in [1.54, 1.807) is 12.1 Å². The Morgan fingerprint density at radius 3 is 1.97 bits per heavy atom. The number of halogens is 6. The first-order valence-corrected chi connectivity index (χ1v) is 11.7. The first-order chi connectivity index (χ1) is 17.8. The number of amides is 2. The zero-order chi connectivity index (χ0) is 28.1. The van der Waals surface area contributed by atoms with Crippen LogP contribution in [0.4, 0.5) is 26.3 Å². The zero-order valence-corrected chi connectivity index (χ0v) is 20.6. The molecule has 3 aromatic rings. The van der Waals surface area contributed by atoms with E-state index in [0.29, 0.717) is 24.3 Å². The van der Waals surface area contributed by atoms with Crippen molar-refractivity contribution in [2.45, 2.75) is 45.2 Å². The molecule has 2 amide bonds. The van der Waals surface area contributed by atoms with E-state index in [-0.39, 0.29) is 19.2 Å². The van der Waals surface area contributed by atoms with Gasteiger partial charge in [0.2, 0.25) is 5.91 Å². The normalized spacial score (nSPS) is 12.0. The molecule has 2 aromatic carbocycles. The Hall–Kier alpha value is -3.76. The summed E-state index contributed by atoms with van der Waals surface area (Å²) in [5.74, 6) is -1.19. The van der Waals surface area contributed by atoms with Crippen LogP contribution in [-0.4, -0.2) is 40.7 Å². The molecule has 1 aromatic heterocycles. The van der Waals surface area contributed by atoms with E-state index in [9.17, 15) is 35.9 Å². The Bertz CT molecular complexity index is 1190. The highest BCUT2D eigenvalue weighted by molar-refractivity contribution is 5.97. The van der Waals surface area contributed by atoms with E-state index in [0.717, 1.165) is 10.5 Å². The average Bonchev–Trinajstić information content (AvgIpc) is 3.37. The van der Waals surface area contributed by atoms with Gasteiger partial charge in [-0.1, -0.05) is 30.3 Å². The number of nitrogens with zero attached hydrogens (tertiary/aromatic N) is 2. The van der Waals surface area contributed by atoms with Crippen LogP contribution >= 0.6 is 0 Å². The Morgan fingerprint density at radius 1 is 0.868 bits per heavy atom. The second-order valence-electron chi connectivity index (χ2n) is 8.95. The molecule has 0 radical (unpaired) electrons. The van der Waals surface area contributed by atoms with E-state index in [4.69, 9.17) is 4.42 Å². The van der Waals surface area contributed by atoms with Crippen LogP contribution in [0.25, 0.3) is 0 Å². The Kier molecular flexibility index (Phi) is 8.90. The minimum Gasteiger partial charge on any atom is -0.467 e. The van der Waals surface area contributed by atoms with Crippen molar-refractivity contribution in [2.24, 2.45) is 0 Å². The van der Waals surface area contributed by atoms with Gasteiger partial charge in [0.1, 0.15) is 12.3 Å². The molecule has 0 aliphatic rings. The molecule has 0 unspecified atom stereocenters. The van der Waals surface area contributed by atoms with Crippen LogP contribution in [0, 0.1) is 0 Å². The lowest BCUT2D eigenvalue weighted by Gasteiger charge is -2.30. The molecule has 0 spiro atoms. The maximum absolute atomic E-state index is 13.3. The van der Waals surface area contributed by atoms with Gasteiger partial charge in [-0.15, -0.1) is 0 Å². The maximum Gasteiger partial charge on any atom is 0.416 e. The van der Waals surface area contributed by atoms with Crippen LogP contribution in [0.15, 0.2) is 71.3 Å². The van der Waals surface area contributed by atoms with Crippen LogP contribution in [-0.2, 0) is 30.1 Å². The number of alkyl halides is 6. The van der Waals surface area contributed by atoms with E-state index in [2.05, 4.69) is 0 Å². The van der Waals surface area contributed by atoms with Crippen molar-refractivity contribution in [3.05, 3.63) is 94.9 Å². The number of hydrogen-bond donors (Lipinski definition) is 0. The summed E-state index contributed by atoms with van der Waals surface area (Å²) >= 11 is 0. The lowest BCUT2D eigenvalue weighted by Crippen LogP contribution is -2.46. The van der Waals surface area contributed by atoms with Gasteiger partial charge in [0.25, 0.3) is 5.91 Å². The summed E-state index contributed by atoms with van der Waals surface area (Å²) in [6, 6.07) is 12.6. The summed E-state index contributed by atoms with van der Waals surface area (Å²) in [7, 11) is 0. The van der Waals surface area contributed by atoms with Crippen LogP contribution in [0.2, 0.25) is 0 Å². The Morgan fingerprint density at radius 2 is 1.47 bits per heavy atom. The zero-order valence-electron chi connectivity index (χ0n) is 20.6. The van der Waals surface area contributed by atoms with E-state index in [1.165, 1.54) is 25.0 Å². The smallest absolute Gasteiger partial charge is 0.416 e. The molecule has 0 saturated carbocycles. The standard InChI is InChI=1S/C27H26F6N2O3/c1-18(2)35(25(37)20-13-21(26(28,29)30)15-22(14-20)27(31,32)33)17-24(36)34(16-23-9-6-12-38-23)11-10-19-7-4-3-5-8-19/h3-9,12-15,18H,10-11,16-17H2,1-2H3. The predicted octanol–water partition coefficient (Wildman–Crippen LogP) is 6.44. The molecule has 0 bridgehead atoms. The van der Waals surface area contributed by atoms with Gasteiger partial charge in [0, 0.05) is 18.2 Å². The molecule has 3 rings (SSSR count). The molecule has 0 saturated heterocycles. The molecular weight excluding hydrogens is 514 g/mol. The predicted molar refractivity (Wildman–Crippen MR) is 127 cm³/mol. The number of furan rings is 1. The summed E-state index contributed by atoms with van der Waals surface area (Å²) in [6.45, 7) is 2.80. The van der Waals surface area contributed by atoms with Crippen LogP contribution in [0.5, 0.6) is 0 Å². The third kappa shape index (κ3) is 7.62. The van der Waals surface area contributed by atoms with Crippen molar-refractivity contribution >= 4 is 11.8 Å². The molecule has 11 heteroatoms. The quantitative estimate of drug-likeness (QED) is 0.294. The fourth-order valence-corrected chi connectivity index (χ4v) is 3.77. The second kappa shape index (κ2) is 11.7. The highest BCUT2D eigenvalue weighted by Crippen LogP contribution is 2.36. The van der Waals surface area contributed by atoms with E-state index in [1.807, 2.05) is 30.3 Å². The first-order valence-electron chi connectivity index (χ1n) is 11.7. The van der Waals surface area contributed by atoms with E-state index >= 15 is 0 Å². The molecule has 0 fully saturated rings. The van der Waals surface area contributed by atoms with Gasteiger partial charge in [0.15, 0.2) is 0 Å². The van der Waals surface area contributed by atoms with Gasteiger partial charge >= 0.3 is 12.4 Å². The van der Waals surface area contributed by atoms with Crippen molar-refractivity contribution in [3.8, 4) is 0 Å². The number of benzene rings is 2. The summed E-state index contributed by atoms with van der Waals surface area (Å²) in [6.07, 6.45) is -8.30. The molecule has 0 atom stereocenters. The molecule has 204 valence electrons.